The van der Waals surface area contributed by atoms with E-state index in [0.29, 0.717) is 40.8 Å². The molecule has 3 aliphatic heterocycles. The predicted molar refractivity (Wildman–Crippen MR) is 373 cm³/mol. The number of aromatic nitrogens is 2. The van der Waals surface area contributed by atoms with Gasteiger partial charge in [0.2, 0.25) is 41.4 Å². The van der Waals surface area contributed by atoms with E-state index in [4.69, 9.17) is 23.7 Å². The molecule has 9 amide bonds. The van der Waals surface area contributed by atoms with Crippen molar-refractivity contribution in [1.82, 2.24) is 57.2 Å². The fourth-order valence-corrected chi connectivity index (χ4v) is 13.0. The van der Waals surface area contributed by atoms with Crippen molar-refractivity contribution >= 4 is 77.0 Å². The molecule has 3 aliphatic rings. The molecule has 1 aromatic heterocycles. The van der Waals surface area contributed by atoms with Gasteiger partial charge in [-0.25, -0.2) is 10.1 Å². The van der Waals surface area contributed by atoms with E-state index in [0.717, 1.165) is 73.1 Å². The Bertz CT molecular complexity index is 3520. The average Bonchev–Trinajstić information content (AvgIpc) is 1.65. The molecule has 4 heterocycles. The fourth-order valence-electron chi connectivity index (χ4n) is 11.8. The maximum Gasteiger partial charge on any atom is 0.407 e. The van der Waals surface area contributed by atoms with E-state index < -0.39 is 189 Å². The normalized spacial score (nSPS) is 23.2. The van der Waals surface area contributed by atoms with Gasteiger partial charge >= 0.3 is 6.09 Å². The first-order valence-corrected chi connectivity index (χ1v) is 35.8. The molecular weight excluding hydrogens is 1400 g/mol. The molecule has 36 heteroatoms. The number of nitrogens with zero attached hydrogens (tertiary/aromatic N) is 4. The number of unbranched alkanes of at least 4 members (excludes halogenated alkanes) is 5. The topological polar surface area (TPSA) is 487 Å². The fraction of sp³-hybridized carbons (Fsp3) is 0.574. The van der Waals surface area contributed by atoms with E-state index in [-0.39, 0.29) is 48.7 Å². The molecule has 0 radical (unpaired) electrons. The lowest BCUT2D eigenvalue weighted by Gasteiger charge is -2.34. The summed E-state index contributed by atoms with van der Waals surface area (Å²) in [5.41, 5.74) is 0.717. The van der Waals surface area contributed by atoms with Crippen LogP contribution < -0.4 is 46.1 Å². The SMILES string of the molecule is COCCCCCCCOc1ccc(-c2nnc(-c3ccc(C(=O)N[C@H]4C[C@H](O)CNC(=O)[C@@H]5[C@@H](O)[C@H](C)CN5C(=O)[C@H]([C@H](O)CCNC(=O)CCCCNC(=O)OC(C)(C)C)NC(=O)[C@H]([C@H](O)Cc5ccc(O)c(OSOOO)c5)NC(=O)[C@@H]5C[C@H](O)CN5C(=O)[C@H]([C@H](C)O)NC4=O)cc3)s2)cc1. The number of alkyl carbamates (subject to hydrolysis) is 1. The number of phenols is 1. The van der Waals surface area contributed by atoms with Gasteiger partial charge in [-0.3, -0.25) is 38.4 Å². The molecule has 3 saturated heterocycles. The molecule has 572 valence electrons. The summed E-state index contributed by atoms with van der Waals surface area (Å²) in [6, 6.07) is 5.44. The van der Waals surface area contributed by atoms with E-state index in [2.05, 4.69) is 56.8 Å². The van der Waals surface area contributed by atoms with E-state index >= 15 is 9.59 Å². The van der Waals surface area contributed by atoms with E-state index in [9.17, 15) is 69.3 Å². The van der Waals surface area contributed by atoms with Gasteiger partial charge in [-0.1, -0.05) is 65.1 Å². The minimum absolute atomic E-state index is 0.00106. The van der Waals surface area contributed by atoms with Gasteiger partial charge in [-0.15, -0.1) is 10.2 Å². The number of aromatic hydroxyl groups is 1. The number of aliphatic hydroxyl groups is 6. The van der Waals surface area contributed by atoms with Crippen molar-refractivity contribution in [1.29, 1.82) is 0 Å². The minimum atomic E-state index is -2.19. The smallest absolute Gasteiger partial charge is 0.407 e. The first-order chi connectivity index (χ1) is 49.5. The first kappa shape index (κ1) is 82.9. The van der Waals surface area contributed by atoms with Crippen molar-refractivity contribution in [2.24, 2.45) is 5.92 Å². The Morgan fingerprint density at radius 3 is 2.03 bits per heavy atom. The van der Waals surface area contributed by atoms with Gasteiger partial charge in [-0.2, -0.15) is 0 Å². The molecule has 34 nitrogen and oxygen atoms in total. The molecule has 0 aliphatic carbocycles. The van der Waals surface area contributed by atoms with E-state index in [1.165, 1.54) is 36.5 Å². The van der Waals surface area contributed by atoms with Crippen LogP contribution in [0.5, 0.6) is 17.2 Å². The summed E-state index contributed by atoms with van der Waals surface area (Å²) in [6.07, 6.45) is -7.81. The van der Waals surface area contributed by atoms with Crippen LogP contribution >= 0.6 is 23.7 Å². The Hall–Kier alpha value is -8.40. The molecule has 0 unspecified atom stereocenters. The van der Waals surface area contributed by atoms with Gasteiger partial charge < -0.3 is 101 Å². The highest BCUT2D eigenvalue weighted by atomic mass is 32.2. The molecule has 4 aromatic rings. The summed E-state index contributed by atoms with van der Waals surface area (Å²) in [6.45, 7) is 7.18. The number of rotatable bonds is 30. The van der Waals surface area contributed by atoms with Crippen LogP contribution in [-0.2, 0) is 58.8 Å². The van der Waals surface area contributed by atoms with Crippen molar-refractivity contribution in [2.45, 2.75) is 190 Å². The summed E-state index contributed by atoms with van der Waals surface area (Å²) in [5, 5.41) is 120. The van der Waals surface area contributed by atoms with Crippen LogP contribution in [-0.4, -0.2) is 246 Å². The average molecular weight is 1500 g/mol. The highest BCUT2D eigenvalue weighted by molar-refractivity contribution is 7.90. The number of hydrogen-bond donors (Lipinski definition) is 15. The second kappa shape index (κ2) is 40.2. The van der Waals surface area contributed by atoms with Crippen molar-refractivity contribution < 1.29 is 112 Å². The van der Waals surface area contributed by atoms with Gasteiger partial charge in [0, 0.05) is 94.7 Å². The number of fused-ring (bicyclic) bond motifs is 2. The number of phenolic OH excluding ortho intramolecular Hbond substituents is 1. The Kier molecular flexibility index (Phi) is 32.0. The zero-order valence-corrected chi connectivity index (χ0v) is 60.2. The number of ether oxygens (including phenoxy) is 3. The molecule has 0 bridgehead atoms. The van der Waals surface area contributed by atoms with Gasteiger partial charge in [0.05, 0.1) is 43.2 Å². The maximum absolute atomic E-state index is 15.2. The number of carbonyl (C=O) groups is 9. The summed E-state index contributed by atoms with van der Waals surface area (Å²) >= 11 is 1.35. The number of hydrogen-bond acceptors (Lipinski definition) is 27. The third-order valence-corrected chi connectivity index (χ3v) is 18.7. The lowest BCUT2D eigenvalue weighted by molar-refractivity contribution is -0.433. The largest absolute Gasteiger partial charge is 0.504 e. The molecule has 7 rings (SSSR count). The second-order valence-corrected chi connectivity index (χ2v) is 28.2. The number of nitrogens with one attached hydrogen (secondary N) is 7. The van der Waals surface area contributed by atoms with Crippen molar-refractivity contribution in [2.75, 3.05) is 53.0 Å². The summed E-state index contributed by atoms with van der Waals surface area (Å²) in [4.78, 5) is 130. The van der Waals surface area contributed by atoms with Crippen molar-refractivity contribution in [3.05, 3.63) is 77.9 Å². The van der Waals surface area contributed by atoms with Crippen LogP contribution in [0.1, 0.15) is 121 Å². The summed E-state index contributed by atoms with van der Waals surface area (Å²) in [7, 11) is 1.69. The molecule has 0 saturated carbocycles. The zero-order chi connectivity index (χ0) is 75.8. The maximum atomic E-state index is 15.2. The van der Waals surface area contributed by atoms with Gasteiger partial charge in [0.15, 0.2) is 11.5 Å². The molecule has 3 fully saturated rings. The quantitative estimate of drug-likeness (QED) is 0.0150. The second-order valence-electron chi connectivity index (χ2n) is 26.7. The molecule has 3 aromatic carbocycles. The van der Waals surface area contributed by atoms with Crippen LogP contribution in [0.15, 0.2) is 66.7 Å². The standard InChI is InChI=1S/C68H95N11O23S2/c1-37-35-79-56(57(37)87)62(92)71-34-43(81)32-46(72-58(88)40-16-18-41(19-17-40)63-76-77-64(103-63)42-20-22-45(23-21-42)98-29-13-9-7-8-12-28-97-6)59(89)73-53(38(2)80)65(93)78-36-44(82)33-47(78)60(90)74-54(50(85)30-39-15-24-48(83)51(31-39)100-104-102-101-96)61(91)75-55(66(79)94)49(84)25-27-69-52(86)14-10-11-26-70-67(95)99-68(3,4)5/h15-24,31,37-38,43-44,46-47,49-50,53-57,80-85,87,96H,7-14,25-30,32-36H2,1-6H3,(H,69,86)(H,70,95)(H,71,92)(H,72,88)(H,73,89)(H,74,90)(H,75,91)/t37-,38+,43+,44+,46+,47+,49-,50-,53+,54+,55+,56+,57+/m1/s1. The third kappa shape index (κ3) is 24.6. The molecule has 0 spiro atoms. The Balaban J connectivity index is 1.15. The van der Waals surface area contributed by atoms with Crippen molar-refractivity contribution in [3.8, 4) is 38.4 Å². The highest BCUT2D eigenvalue weighted by Crippen LogP contribution is 2.34. The predicted octanol–water partition coefficient (Wildman–Crippen LogP) is 1.07. The lowest BCUT2D eigenvalue weighted by Crippen LogP contribution is -2.64. The van der Waals surface area contributed by atoms with Crippen LogP contribution in [0.3, 0.4) is 0 Å². The van der Waals surface area contributed by atoms with E-state index in [1.54, 1.807) is 40.0 Å². The number of β-amino-alcohol motifs (C(OH)–C–C–N with tert-alkyl or cyclic N) is 1. The summed E-state index contributed by atoms with van der Waals surface area (Å²) in [5.74, 6) is -9.59. The Labute approximate surface area is 608 Å². The number of amides is 9. The first-order valence-electron chi connectivity index (χ1n) is 34.3. The highest BCUT2D eigenvalue weighted by Gasteiger charge is 2.50. The number of aliphatic hydroxyl groups excluding tert-OH is 6. The molecule has 13 atom stereocenters. The van der Waals surface area contributed by atoms with Crippen molar-refractivity contribution in [3.63, 3.8) is 0 Å². The van der Waals surface area contributed by atoms with Crippen LogP contribution in [0.4, 0.5) is 4.79 Å². The molecule has 104 heavy (non-hydrogen) atoms. The number of methoxy groups -OCH3 is 1. The van der Waals surface area contributed by atoms with E-state index in [1.807, 2.05) is 24.3 Å². The Morgan fingerprint density at radius 2 is 1.37 bits per heavy atom. The third-order valence-electron chi connectivity index (χ3n) is 17.3. The monoisotopic (exact) mass is 1500 g/mol. The lowest BCUT2D eigenvalue weighted by atomic mass is 9.98. The van der Waals surface area contributed by atoms with Crippen LogP contribution in [0.25, 0.3) is 21.1 Å². The zero-order valence-electron chi connectivity index (χ0n) is 58.6. The molecular formula is C68H95N11O23S2. The van der Waals surface area contributed by atoms with Crippen LogP contribution in [0, 0.1) is 5.92 Å². The summed E-state index contributed by atoms with van der Waals surface area (Å²) < 4.78 is 25.7. The van der Waals surface area contributed by atoms with Crippen LogP contribution in [0.2, 0.25) is 0 Å². The minimum Gasteiger partial charge on any atom is -0.504 e. The van der Waals surface area contributed by atoms with Gasteiger partial charge in [-0.05, 0) is 114 Å². The van der Waals surface area contributed by atoms with Gasteiger partial charge in [0.1, 0.15) is 57.6 Å². The Morgan fingerprint density at radius 1 is 0.721 bits per heavy atom. The number of benzene rings is 3. The molecule has 15 N–H and O–H groups in total. The van der Waals surface area contributed by atoms with Gasteiger partial charge in [0.25, 0.3) is 18.2 Å². The number of carbonyl (C=O) groups excluding carboxylic acids is 9.